The summed E-state index contributed by atoms with van der Waals surface area (Å²) >= 11 is 0. The molecular formula is C34H36N2O3PS+. The number of aromatic nitrogens is 1. The molecule has 5 aromatic rings. The predicted molar refractivity (Wildman–Crippen MR) is 170 cm³/mol. The summed E-state index contributed by atoms with van der Waals surface area (Å²) < 4.78 is 34.0. The number of hydrogen-bond donors (Lipinski definition) is 0. The number of rotatable bonds is 12. The molecule has 0 aliphatic rings. The van der Waals surface area contributed by atoms with E-state index in [9.17, 15) is 8.42 Å². The number of sulfonamides is 1. The lowest BCUT2D eigenvalue weighted by atomic mass is 10.2. The van der Waals surface area contributed by atoms with Crippen molar-refractivity contribution in [2.45, 2.75) is 37.7 Å². The molecule has 7 heteroatoms. The molecule has 0 bridgehead atoms. The van der Waals surface area contributed by atoms with Crippen molar-refractivity contribution in [2.75, 3.05) is 13.1 Å². The van der Waals surface area contributed by atoms with Gasteiger partial charge < -0.3 is 4.42 Å². The van der Waals surface area contributed by atoms with Crippen molar-refractivity contribution >= 4 is 33.2 Å². The Labute approximate surface area is 244 Å². The maximum Gasteiger partial charge on any atom is 0.243 e. The minimum Gasteiger partial charge on any atom is -0.444 e. The van der Waals surface area contributed by atoms with E-state index in [-0.39, 0.29) is 4.90 Å². The lowest BCUT2D eigenvalue weighted by Gasteiger charge is -2.26. The maximum atomic E-state index is 13.2. The summed E-state index contributed by atoms with van der Waals surface area (Å²) in [6.07, 6.45) is 3.99. The first-order chi connectivity index (χ1) is 20.0. The van der Waals surface area contributed by atoms with E-state index >= 15 is 0 Å². The van der Waals surface area contributed by atoms with Crippen molar-refractivity contribution in [1.82, 2.24) is 9.29 Å². The molecule has 0 radical (unpaired) electrons. The molecule has 5 nitrogen and oxygen atoms in total. The van der Waals surface area contributed by atoms with E-state index in [1.807, 2.05) is 13.8 Å². The number of hydrogen-bond acceptors (Lipinski definition) is 4. The van der Waals surface area contributed by atoms with E-state index in [1.165, 1.54) is 15.9 Å². The second kappa shape index (κ2) is 12.9. The van der Waals surface area contributed by atoms with Gasteiger partial charge in [0, 0.05) is 18.7 Å². The van der Waals surface area contributed by atoms with Crippen LogP contribution in [0.2, 0.25) is 0 Å². The molecule has 41 heavy (non-hydrogen) atoms. The van der Waals surface area contributed by atoms with Gasteiger partial charge in [0.2, 0.25) is 15.9 Å². The molecule has 0 unspecified atom stereocenters. The SMILES string of the molecule is CCCN(CCC)S(=O)(=O)c1ccc(-c2nc(C[P+](c3ccccc3)(c3ccccc3)c3ccccc3)co2)cc1. The molecule has 0 aliphatic carbocycles. The van der Waals surface area contributed by atoms with Crippen molar-refractivity contribution < 1.29 is 12.8 Å². The Kier molecular flexibility index (Phi) is 9.14. The first-order valence-electron chi connectivity index (χ1n) is 14.1. The second-order valence-corrected chi connectivity index (χ2v) is 15.5. The quantitative estimate of drug-likeness (QED) is 0.154. The van der Waals surface area contributed by atoms with Gasteiger partial charge in [0.1, 0.15) is 41.3 Å². The Morgan fingerprint density at radius 2 is 1.15 bits per heavy atom. The number of benzene rings is 4. The summed E-state index contributed by atoms with van der Waals surface area (Å²) in [7, 11) is -5.66. The van der Waals surface area contributed by atoms with E-state index in [4.69, 9.17) is 9.40 Å². The average Bonchev–Trinajstić information content (AvgIpc) is 3.49. The zero-order valence-electron chi connectivity index (χ0n) is 23.6. The van der Waals surface area contributed by atoms with Crippen LogP contribution in [0, 0.1) is 0 Å². The van der Waals surface area contributed by atoms with Crippen LogP contribution in [0.25, 0.3) is 11.5 Å². The van der Waals surface area contributed by atoms with E-state index < -0.39 is 17.3 Å². The predicted octanol–water partition coefficient (Wildman–Crippen LogP) is 6.65. The molecule has 5 rings (SSSR count). The van der Waals surface area contributed by atoms with Crippen molar-refractivity contribution in [3.8, 4) is 11.5 Å². The summed E-state index contributed by atoms with van der Waals surface area (Å²) in [5.74, 6) is 0.482. The van der Waals surface area contributed by atoms with Crippen LogP contribution >= 0.6 is 7.26 Å². The third-order valence-electron chi connectivity index (χ3n) is 7.23. The minimum absolute atomic E-state index is 0.289. The summed E-state index contributed by atoms with van der Waals surface area (Å²) in [5.41, 5.74) is 1.61. The summed E-state index contributed by atoms with van der Waals surface area (Å²) in [4.78, 5) is 5.22. The van der Waals surface area contributed by atoms with Crippen LogP contribution in [0.5, 0.6) is 0 Å². The molecule has 0 fully saturated rings. The molecular weight excluding hydrogens is 547 g/mol. The second-order valence-electron chi connectivity index (χ2n) is 10.0. The summed E-state index contributed by atoms with van der Waals surface area (Å²) in [6, 6.07) is 38.9. The van der Waals surface area contributed by atoms with E-state index in [2.05, 4.69) is 91.0 Å². The van der Waals surface area contributed by atoms with Gasteiger partial charge in [-0.25, -0.2) is 13.4 Å². The van der Waals surface area contributed by atoms with Gasteiger partial charge in [-0.3, -0.25) is 0 Å². The van der Waals surface area contributed by atoms with E-state index in [0.717, 1.165) is 24.1 Å². The highest BCUT2D eigenvalue weighted by atomic mass is 32.2. The van der Waals surface area contributed by atoms with Gasteiger partial charge in [-0.05, 0) is 73.5 Å². The first kappa shape index (κ1) is 28.9. The Balaban J connectivity index is 1.51. The van der Waals surface area contributed by atoms with Crippen LogP contribution in [-0.2, 0) is 16.2 Å². The van der Waals surface area contributed by atoms with E-state index in [1.54, 1.807) is 34.8 Å². The molecule has 0 N–H and O–H groups in total. The molecule has 210 valence electrons. The third-order valence-corrected chi connectivity index (χ3v) is 13.5. The fourth-order valence-corrected chi connectivity index (χ4v) is 11.0. The zero-order valence-corrected chi connectivity index (χ0v) is 25.3. The van der Waals surface area contributed by atoms with Gasteiger partial charge in [0.25, 0.3) is 0 Å². The Morgan fingerprint density at radius 3 is 1.59 bits per heavy atom. The van der Waals surface area contributed by atoms with Crippen LogP contribution in [0.1, 0.15) is 32.4 Å². The largest absolute Gasteiger partial charge is 0.444 e. The fraction of sp³-hybridized carbons (Fsp3) is 0.206. The monoisotopic (exact) mass is 583 g/mol. The van der Waals surface area contributed by atoms with Crippen LogP contribution in [0.4, 0.5) is 0 Å². The lowest BCUT2D eigenvalue weighted by Crippen LogP contribution is -2.32. The molecule has 0 amide bonds. The van der Waals surface area contributed by atoms with Gasteiger partial charge in [-0.1, -0.05) is 68.4 Å². The molecule has 1 heterocycles. The number of nitrogens with zero attached hydrogens (tertiary/aromatic N) is 2. The van der Waals surface area contributed by atoms with Crippen LogP contribution in [-0.4, -0.2) is 30.8 Å². The highest BCUT2D eigenvalue weighted by molar-refractivity contribution is 7.95. The highest BCUT2D eigenvalue weighted by Crippen LogP contribution is 2.58. The topological polar surface area (TPSA) is 63.4 Å². The molecule has 0 aliphatic heterocycles. The van der Waals surface area contributed by atoms with Crippen LogP contribution in [0.15, 0.2) is 131 Å². The van der Waals surface area contributed by atoms with Crippen molar-refractivity contribution in [3.05, 3.63) is 127 Å². The Morgan fingerprint density at radius 1 is 0.683 bits per heavy atom. The average molecular weight is 584 g/mol. The van der Waals surface area contributed by atoms with Crippen molar-refractivity contribution in [2.24, 2.45) is 0 Å². The standard InChI is InChI=1S/C34H36N2O3PS/c1-3-24-36(25-4-2)41(37,38)33-22-20-28(21-23-33)34-35-29(26-39-34)27-40(30-14-8-5-9-15-30,31-16-10-6-11-17-31)32-18-12-7-13-19-32/h5-23,26H,3-4,24-25,27H2,1-2H3/q+1. The highest BCUT2D eigenvalue weighted by Gasteiger charge is 2.46. The van der Waals surface area contributed by atoms with Crippen LogP contribution in [0.3, 0.4) is 0 Å². The van der Waals surface area contributed by atoms with Gasteiger partial charge >= 0.3 is 0 Å². The number of oxazole rings is 1. The Bertz CT molecular complexity index is 1540. The van der Waals surface area contributed by atoms with E-state index in [0.29, 0.717) is 25.1 Å². The maximum absolute atomic E-state index is 13.2. The normalized spacial score (nSPS) is 12.1. The molecule has 0 saturated carbocycles. The smallest absolute Gasteiger partial charge is 0.243 e. The van der Waals surface area contributed by atoms with Gasteiger partial charge in [-0.15, -0.1) is 0 Å². The molecule has 1 aromatic heterocycles. The van der Waals surface area contributed by atoms with Gasteiger partial charge in [-0.2, -0.15) is 4.31 Å². The van der Waals surface area contributed by atoms with Crippen molar-refractivity contribution in [3.63, 3.8) is 0 Å². The third kappa shape index (κ3) is 6.06. The summed E-state index contributed by atoms with van der Waals surface area (Å²) in [6.45, 7) is 5.00. The van der Waals surface area contributed by atoms with Gasteiger partial charge in [0.15, 0.2) is 0 Å². The molecule has 4 aromatic carbocycles. The zero-order chi connectivity index (χ0) is 28.7. The molecule has 0 atom stereocenters. The summed E-state index contributed by atoms with van der Waals surface area (Å²) in [5, 5.41) is 3.83. The van der Waals surface area contributed by atoms with Crippen LogP contribution < -0.4 is 15.9 Å². The lowest BCUT2D eigenvalue weighted by molar-refractivity contribution is 0.410. The minimum atomic E-state index is -3.55. The Hall–Kier alpha value is -3.57. The van der Waals surface area contributed by atoms with Crippen molar-refractivity contribution in [1.29, 1.82) is 0 Å². The van der Waals surface area contributed by atoms with Gasteiger partial charge in [0.05, 0.1) is 4.90 Å². The molecule has 0 saturated heterocycles. The first-order valence-corrected chi connectivity index (χ1v) is 17.5. The fourth-order valence-electron chi connectivity index (χ4n) is 5.29. The molecule has 0 spiro atoms.